The summed E-state index contributed by atoms with van der Waals surface area (Å²) < 4.78 is 27.4. The zero-order valence-electron chi connectivity index (χ0n) is 9.66. The van der Waals surface area contributed by atoms with E-state index in [0.717, 1.165) is 0 Å². The first-order valence-corrected chi connectivity index (χ1v) is 5.57. The van der Waals surface area contributed by atoms with Crippen molar-refractivity contribution in [1.29, 1.82) is 0 Å². The summed E-state index contributed by atoms with van der Waals surface area (Å²) >= 11 is 0. The predicted octanol–water partition coefficient (Wildman–Crippen LogP) is 2.75. The Morgan fingerprint density at radius 2 is 1.61 bits per heavy atom. The van der Waals surface area contributed by atoms with Crippen LogP contribution in [0.4, 0.5) is 14.5 Å². The highest BCUT2D eigenvalue weighted by atomic mass is 19.1. The van der Waals surface area contributed by atoms with Gasteiger partial charge >= 0.3 is 0 Å². The largest absolute Gasteiger partial charge is 0.398 e. The summed E-state index contributed by atoms with van der Waals surface area (Å²) in [6.07, 6.45) is 0.357. The fourth-order valence-corrected chi connectivity index (χ4v) is 1.92. The van der Waals surface area contributed by atoms with Crippen LogP contribution in [-0.4, -0.2) is 11.7 Å². The number of nitrogen functional groups attached to an aromatic ring is 1. The van der Waals surface area contributed by atoms with Crippen LogP contribution < -0.4 is 5.73 Å². The number of aliphatic hydroxyl groups excluding tert-OH is 1. The molecule has 2 rings (SSSR count). The second-order valence-corrected chi connectivity index (χ2v) is 3.95. The van der Waals surface area contributed by atoms with Crippen molar-refractivity contribution < 1.29 is 13.9 Å². The molecule has 0 heterocycles. The number of para-hydroxylation sites is 1. The number of nitrogens with two attached hydrogens (primary N) is 1. The molecule has 0 aliphatic carbocycles. The van der Waals surface area contributed by atoms with E-state index in [1.54, 1.807) is 18.2 Å². The lowest BCUT2D eigenvalue weighted by molar-refractivity contribution is 0.300. The van der Waals surface area contributed by atoms with Crippen molar-refractivity contribution in [3.63, 3.8) is 0 Å². The number of hydrogen-bond donors (Lipinski definition) is 2. The molecule has 94 valence electrons. The van der Waals surface area contributed by atoms with Crippen LogP contribution in [0, 0.1) is 11.6 Å². The van der Waals surface area contributed by atoms with Crippen molar-refractivity contribution in [2.24, 2.45) is 0 Å². The average Bonchev–Trinajstić information content (AvgIpc) is 2.33. The van der Waals surface area contributed by atoms with E-state index >= 15 is 0 Å². The second-order valence-electron chi connectivity index (χ2n) is 3.95. The van der Waals surface area contributed by atoms with Gasteiger partial charge in [-0.25, -0.2) is 8.78 Å². The number of aliphatic hydroxyl groups is 1. The monoisotopic (exact) mass is 249 g/mol. The lowest BCUT2D eigenvalue weighted by Crippen LogP contribution is -2.01. The number of hydrogen-bond acceptors (Lipinski definition) is 2. The van der Waals surface area contributed by atoms with Crippen molar-refractivity contribution in [3.05, 3.63) is 53.6 Å². The fraction of sp³-hybridized carbons (Fsp3) is 0.143. The lowest BCUT2D eigenvalue weighted by Gasteiger charge is -2.11. The number of anilines is 1. The molecule has 2 aromatic rings. The third-order valence-electron chi connectivity index (χ3n) is 2.81. The summed E-state index contributed by atoms with van der Waals surface area (Å²) in [6.45, 7) is -0.0621. The van der Waals surface area contributed by atoms with E-state index < -0.39 is 11.6 Å². The molecule has 4 heteroatoms. The molecule has 0 bridgehead atoms. The van der Waals surface area contributed by atoms with E-state index in [-0.39, 0.29) is 12.2 Å². The molecule has 3 N–H and O–H groups in total. The van der Waals surface area contributed by atoms with E-state index in [9.17, 15) is 8.78 Å². The van der Waals surface area contributed by atoms with Gasteiger partial charge in [-0.1, -0.05) is 24.3 Å². The second kappa shape index (κ2) is 5.14. The first-order valence-electron chi connectivity index (χ1n) is 5.57. The third kappa shape index (κ3) is 2.19. The van der Waals surface area contributed by atoms with E-state index in [1.807, 2.05) is 0 Å². The minimum atomic E-state index is -0.650. The molecule has 18 heavy (non-hydrogen) atoms. The first-order chi connectivity index (χ1) is 8.65. The fourth-order valence-electron chi connectivity index (χ4n) is 1.92. The van der Waals surface area contributed by atoms with Gasteiger partial charge in [0.1, 0.15) is 11.6 Å². The van der Waals surface area contributed by atoms with E-state index in [2.05, 4.69) is 0 Å². The standard InChI is InChI=1S/C14H13F2NO/c15-11-5-2-6-12(16)13(11)10-4-1-3-9(7-8-18)14(10)17/h1-6,18H,7-8,17H2. The Bertz CT molecular complexity index is 549. The molecule has 0 aliphatic heterocycles. The summed E-state index contributed by atoms with van der Waals surface area (Å²) in [5.41, 5.74) is 7.06. The van der Waals surface area contributed by atoms with Crippen LogP contribution in [0.5, 0.6) is 0 Å². The van der Waals surface area contributed by atoms with E-state index in [4.69, 9.17) is 10.8 Å². The first kappa shape index (κ1) is 12.5. The third-order valence-corrected chi connectivity index (χ3v) is 2.81. The minimum absolute atomic E-state index is 0.0621. The van der Waals surface area contributed by atoms with E-state index in [1.165, 1.54) is 18.2 Å². The van der Waals surface area contributed by atoms with Crippen molar-refractivity contribution >= 4 is 5.69 Å². The molecule has 2 aromatic carbocycles. The molecule has 0 aliphatic rings. The molecular formula is C14H13F2NO. The predicted molar refractivity (Wildman–Crippen MR) is 67.0 cm³/mol. The smallest absolute Gasteiger partial charge is 0.134 e. The lowest BCUT2D eigenvalue weighted by atomic mass is 9.98. The maximum Gasteiger partial charge on any atom is 0.134 e. The Morgan fingerprint density at radius 3 is 2.22 bits per heavy atom. The van der Waals surface area contributed by atoms with Gasteiger partial charge in [0.05, 0.1) is 5.56 Å². The topological polar surface area (TPSA) is 46.2 Å². The van der Waals surface area contributed by atoms with Gasteiger partial charge in [0.2, 0.25) is 0 Å². The molecule has 0 amide bonds. The van der Waals surface area contributed by atoms with Gasteiger partial charge in [-0.15, -0.1) is 0 Å². The maximum absolute atomic E-state index is 13.7. The highest BCUT2D eigenvalue weighted by molar-refractivity contribution is 5.79. The van der Waals surface area contributed by atoms with Crippen LogP contribution in [0.25, 0.3) is 11.1 Å². The zero-order chi connectivity index (χ0) is 13.1. The van der Waals surface area contributed by atoms with Crippen LogP contribution in [-0.2, 0) is 6.42 Å². The number of benzene rings is 2. The van der Waals surface area contributed by atoms with Gasteiger partial charge in [0, 0.05) is 17.9 Å². The van der Waals surface area contributed by atoms with Crippen LogP contribution in [0.2, 0.25) is 0 Å². The Kier molecular flexibility index (Phi) is 3.58. The van der Waals surface area contributed by atoms with Gasteiger partial charge in [-0.2, -0.15) is 0 Å². The average molecular weight is 249 g/mol. The van der Waals surface area contributed by atoms with Crippen LogP contribution >= 0.6 is 0 Å². The van der Waals surface area contributed by atoms with Crippen molar-refractivity contribution in [3.8, 4) is 11.1 Å². The van der Waals surface area contributed by atoms with Gasteiger partial charge in [-0.05, 0) is 24.1 Å². The molecular weight excluding hydrogens is 236 g/mol. The van der Waals surface area contributed by atoms with Crippen molar-refractivity contribution in [2.75, 3.05) is 12.3 Å². The molecule has 0 unspecified atom stereocenters. The normalized spacial score (nSPS) is 10.6. The highest BCUT2D eigenvalue weighted by Gasteiger charge is 2.14. The molecule has 0 saturated carbocycles. The molecule has 0 fully saturated rings. The number of rotatable bonds is 3. The Labute approximate surface area is 104 Å². The Balaban J connectivity index is 2.61. The van der Waals surface area contributed by atoms with Crippen LogP contribution in [0.1, 0.15) is 5.56 Å². The molecule has 2 nitrogen and oxygen atoms in total. The van der Waals surface area contributed by atoms with Gasteiger partial charge in [-0.3, -0.25) is 0 Å². The molecule has 0 spiro atoms. The quantitative estimate of drug-likeness (QED) is 0.822. The van der Waals surface area contributed by atoms with E-state index in [0.29, 0.717) is 23.2 Å². The summed E-state index contributed by atoms with van der Waals surface area (Å²) in [6, 6.07) is 8.66. The van der Waals surface area contributed by atoms with Crippen molar-refractivity contribution in [1.82, 2.24) is 0 Å². The van der Waals surface area contributed by atoms with Crippen LogP contribution in [0.3, 0.4) is 0 Å². The number of halogens is 2. The van der Waals surface area contributed by atoms with Gasteiger partial charge in [0.25, 0.3) is 0 Å². The van der Waals surface area contributed by atoms with Gasteiger partial charge in [0.15, 0.2) is 0 Å². The maximum atomic E-state index is 13.7. The summed E-state index contributed by atoms with van der Waals surface area (Å²) in [5, 5.41) is 8.91. The SMILES string of the molecule is Nc1c(CCO)cccc1-c1c(F)cccc1F. The summed E-state index contributed by atoms with van der Waals surface area (Å²) in [5.74, 6) is -1.30. The van der Waals surface area contributed by atoms with Crippen LogP contribution in [0.15, 0.2) is 36.4 Å². The molecule has 0 aromatic heterocycles. The molecule has 0 radical (unpaired) electrons. The minimum Gasteiger partial charge on any atom is -0.398 e. The zero-order valence-corrected chi connectivity index (χ0v) is 9.66. The van der Waals surface area contributed by atoms with Gasteiger partial charge < -0.3 is 10.8 Å². The summed E-state index contributed by atoms with van der Waals surface area (Å²) in [7, 11) is 0. The Morgan fingerprint density at radius 1 is 1.00 bits per heavy atom. The molecule has 0 atom stereocenters. The molecule has 0 saturated heterocycles. The summed E-state index contributed by atoms with van der Waals surface area (Å²) in [4.78, 5) is 0. The Hall–Kier alpha value is -1.94. The van der Waals surface area contributed by atoms with Crippen molar-refractivity contribution in [2.45, 2.75) is 6.42 Å². The highest BCUT2D eigenvalue weighted by Crippen LogP contribution is 2.32.